The molecule has 0 bridgehead atoms. The standard InChI is InChI=1S/C21H18ClNO2S/c1-25-18-6-4-5-16(13-18)21(24)23-19-7-2-3-8-20(19)26-14-15-9-11-17(22)12-10-15/h2-13H,14H2,1H3,(H,23,24). The van der Waals surface area contributed by atoms with Crippen LogP contribution in [-0.2, 0) is 5.75 Å². The second kappa shape index (κ2) is 8.79. The van der Waals surface area contributed by atoms with E-state index in [4.69, 9.17) is 16.3 Å². The van der Waals surface area contributed by atoms with Crippen molar-refractivity contribution in [1.29, 1.82) is 0 Å². The number of ether oxygens (including phenoxy) is 1. The van der Waals surface area contributed by atoms with Gasteiger partial charge in [-0.15, -0.1) is 11.8 Å². The van der Waals surface area contributed by atoms with E-state index in [1.165, 1.54) is 5.56 Å². The van der Waals surface area contributed by atoms with Gasteiger partial charge < -0.3 is 10.1 Å². The van der Waals surface area contributed by atoms with Gasteiger partial charge in [-0.05, 0) is 48.0 Å². The molecule has 0 radical (unpaired) electrons. The summed E-state index contributed by atoms with van der Waals surface area (Å²) in [6, 6.07) is 22.7. The molecule has 5 heteroatoms. The normalized spacial score (nSPS) is 10.4. The third kappa shape index (κ3) is 4.81. The molecule has 3 nitrogen and oxygen atoms in total. The Labute approximate surface area is 162 Å². The number of carbonyl (C=O) groups excluding carboxylic acids is 1. The van der Waals surface area contributed by atoms with E-state index >= 15 is 0 Å². The zero-order chi connectivity index (χ0) is 18.4. The fourth-order valence-corrected chi connectivity index (χ4v) is 3.49. The summed E-state index contributed by atoms with van der Waals surface area (Å²) in [5.74, 6) is 1.29. The Morgan fingerprint density at radius 1 is 1.04 bits per heavy atom. The predicted octanol–water partition coefficient (Wildman–Crippen LogP) is 5.89. The summed E-state index contributed by atoms with van der Waals surface area (Å²) in [4.78, 5) is 13.6. The molecule has 26 heavy (non-hydrogen) atoms. The lowest BCUT2D eigenvalue weighted by atomic mass is 10.2. The van der Waals surface area contributed by atoms with Gasteiger partial charge in [-0.3, -0.25) is 4.79 Å². The molecule has 3 rings (SSSR count). The number of rotatable bonds is 6. The highest BCUT2D eigenvalue weighted by molar-refractivity contribution is 7.98. The van der Waals surface area contributed by atoms with Gasteiger partial charge >= 0.3 is 0 Å². The molecule has 1 N–H and O–H groups in total. The Hall–Kier alpha value is -2.43. The average molecular weight is 384 g/mol. The lowest BCUT2D eigenvalue weighted by Gasteiger charge is -2.11. The summed E-state index contributed by atoms with van der Waals surface area (Å²) < 4.78 is 5.18. The molecule has 3 aromatic carbocycles. The van der Waals surface area contributed by atoms with Crippen LogP contribution in [0.25, 0.3) is 0 Å². The van der Waals surface area contributed by atoms with Crippen LogP contribution >= 0.6 is 23.4 Å². The number of carbonyl (C=O) groups is 1. The van der Waals surface area contributed by atoms with Crippen LogP contribution < -0.4 is 10.1 Å². The molecular formula is C21H18ClNO2S. The number of benzene rings is 3. The average Bonchev–Trinajstić information content (AvgIpc) is 2.68. The first-order chi connectivity index (χ1) is 12.7. The van der Waals surface area contributed by atoms with E-state index < -0.39 is 0 Å². The number of para-hydroxylation sites is 1. The maximum atomic E-state index is 12.6. The molecule has 3 aromatic rings. The number of methoxy groups -OCH3 is 1. The smallest absolute Gasteiger partial charge is 0.255 e. The minimum Gasteiger partial charge on any atom is -0.497 e. The Balaban J connectivity index is 1.72. The SMILES string of the molecule is COc1cccc(C(=O)Nc2ccccc2SCc2ccc(Cl)cc2)c1. The van der Waals surface area contributed by atoms with Gasteiger partial charge in [-0.1, -0.05) is 41.9 Å². The van der Waals surface area contributed by atoms with Crippen LogP contribution in [0, 0.1) is 0 Å². The van der Waals surface area contributed by atoms with Crippen molar-refractivity contribution in [2.24, 2.45) is 0 Å². The first-order valence-corrected chi connectivity index (χ1v) is 9.44. The monoisotopic (exact) mass is 383 g/mol. The lowest BCUT2D eigenvalue weighted by Crippen LogP contribution is -2.12. The molecule has 0 saturated carbocycles. The van der Waals surface area contributed by atoms with E-state index in [0.29, 0.717) is 11.3 Å². The van der Waals surface area contributed by atoms with Crippen LogP contribution in [-0.4, -0.2) is 13.0 Å². The number of anilines is 1. The molecular weight excluding hydrogens is 366 g/mol. The van der Waals surface area contributed by atoms with Crippen LogP contribution in [0.1, 0.15) is 15.9 Å². The molecule has 0 aromatic heterocycles. The minimum absolute atomic E-state index is 0.163. The summed E-state index contributed by atoms with van der Waals surface area (Å²) in [6.07, 6.45) is 0. The molecule has 0 aliphatic carbocycles. The Morgan fingerprint density at radius 3 is 2.58 bits per heavy atom. The van der Waals surface area contributed by atoms with Crippen molar-refractivity contribution in [2.75, 3.05) is 12.4 Å². The molecule has 0 heterocycles. The number of hydrogen-bond acceptors (Lipinski definition) is 3. The largest absolute Gasteiger partial charge is 0.497 e. The molecule has 0 atom stereocenters. The van der Waals surface area contributed by atoms with Gasteiger partial charge in [0, 0.05) is 21.2 Å². The van der Waals surface area contributed by atoms with Crippen LogP contribution in [0.15, 0.2) is 77.7 Å². The molecule has 0 aliphatic rings. The van der Waals surface area contributed by atoms with E-state index in [9.17, 15) is 4.79 Å². The zero-order valence-electron chi connectivity index (χ0n) is 14.2. The van der Waals surface area contributed by atoms with Crippen LogP contribution in [0.3, 0.4) is 0 Å². The zero-order valence-corrected chi connectivity index (χ0v) is 15.8. The van der Waals surface area contributed by atoms with Gasteiger partial charge in [-0.2, -0.15) is 0 Å². The van der Waals surface area contributed by atoms with Gasteiger partial charge in [0.25, 0.3) is 5.91 Å². The van der Waals surface area contributed by atoms with E-state index in [2.05, 4.69) is 5.32 Å². The number of thioether (sulfide) groups is 1. The summed E-state index contributed by atoms with van der Waals surface area (Å²) in [7, 11) is 1.58. The van der Waals surface area contributed by atoms with E-state index in [1.807, 2.05) is 54.6 Å². The van der Waals surface area contributed by atoms with Crippen LogP contribution in [0.5, 0.6) is 5.75 Å². The minimum atomic E-state index is -0.163. The molecule has 0 aliphatic heterocycles. The number of halogens is 1. The third-order valence-corrected chi connectivity index (χ3v) is 5.17. The number of amides is 1. The van der Waals surface area contributed by atoms with Crippen molar-refractivity contribution in [3.05, 3.63) is 88.9 Å². The highest BCUT2D eigenvalue weighted by atomic mass is 35.5. The van der Waals surface area contributed by atoms with Gasteiger partial charge in [0.1, 0.15) is 5.75 Å². The summed E-state index contributed by atoms with van der Waals surface area (Å²) in [5.41, 5.74) is 2.52. The van der Waals surface area contributed by atoms with Crippen molar-refractivity contribution in [1.82, 2.24) is 0 Å². The topological polar surface area (TPSA) is 38.3 Å². The molecule has 0 unspecified atom stereocenters. The second-order valence-corrected chi connectivity index (χ2v) is 7.05. The summed E-state index contributed by atoms with van der Waals surface area (Å²) in [6.45, 7) is 0. The summed E-state index contributed by atoms with van der Waals surface area (Å²) >= 11 is 7.60. The molecule has 0 saturated heterocycles. The maximum Gasteiger partial charge on any atom is 0.255 e. The highest BCUT2D eigenvalue weighted by Crippen LogP contribution is 2.30. The van der Waals surface area contributed by atoms with Gasteiger partial charge in [0.2, 0.25) is 0 Å². The van der Waals surface area contributed by atoms with Crippen LogP contribution in [0.2, 0.25) is 5.02 Å². The fourth-order valence-electron chi connectivity index (χ4n) is 2.40. The fraction of sp³-hybridized carbons (Fsp3) is 0.0952. The number of nitrogens with one attached hydrogen (secondary N) is 1. The maximum absolute atomic E-state index is 12.6. The predicted molar refractivity (Wildman–Crippen MR) is 108 cm³/mol. The van der Waals surface area contributed by atoms with Gasteiger partial charge in [-0.25, -0.2) is 0 Å². The molecule has 1 amide bonds. The number of hydrogen-bond donors (Lipinski definition) is 1. The quantitative estimate of drug-likeness (QED) is 0.539. The third-order valence-electron chi connectivity index (χ3n) is 3.77. The summed E-state index contributed by atoms with van der Waals surface area (Å²) in [5, 5.41) is 3.71. The first kappa shape index (κ1) is 18.4. The van der Waals surface area contributed by atoms with E-state index in [1.54, 1.807) is 37.1 Å². The Morgan fingerprint density at radius 2 is 1.81 bits per heavy atom. The van der Waals surface area contributed by atoms with Crippen LogP contribution in [0.4, 0.5) is 5.69 Å². The van der Waals surface area contributed by atoms with Crippen molar-refractivity contribution in [3.8, 4) is 5.75 Å². The second-order valence-electron chi connectivity index (χ2n) is 5.60. The van der Waals surface area contributed by atoms with E-state index in [-0.39, 0.29) is 5.91 Å². The van der Waals surface area contributed by atoms with Crippen molar-refractivity contribution in [3.63, 3.8) is 0 Å². The highest BCUT2D eigenvalue weighted by Gasteiger charge is 2.10. The van der Waals surface area contributed by atoms with E-state index in [0.717, 1.165) is 21.4 Å². The Kier molecular flexibility index (Phi) is 6.21. The van der Waals surface area contributed by atoms with Crippen molar-refractivity contribution >= 4 is 35.0 Å². The van der Waals surface area contributed by atoms with Crippen molar-refractivity contribution in [2.45, 2.75) is 10.6 Å². The van der Waals surface area contributed by atoms with Crippen molar-refractivity contribution < 1.29 is 9.53 Å². The Bertz CT molecular complexity index is 897. The molecule has 132 valence electrons. The van der Waals surface area contributed by atoms with Gasteiger partial charge in [0.05, 0.1) is 12.8 Å². The lowest BCUT2D eigenvalue weighted by molar-refractivity contribution is 0.102. The van der Waals surface area contributed by atoms with Gasteiger partial charge in [0.15, 0.2) is 0 Å². The first-order valence-electron chi connectivity index (χ1n) is 8.07. The molecule has 0 spiro atoms. The molecule has 0 fully saturated rings.